The summed E-state index contributed by atoms with van der Waals surface area (Å²) in [4.78, 5) is 39.6. The second kappa shape index (κ2) is 9.03. The first-order valence-corrected chi connectivity index (χ1v) is 11.1. The fourth-order valence-electron chi connectivity index (χ4n) is 4.31. The summed E-state index contributed by atoms with van der Waals surface area (Å²) in [6, 6.07) is 13.0. The lowest BCUT2D eigenvalue weighted by Crippen LogP contribution is -2.45. The molecule has 0 radical (unpaired) electrons. The van der Waals surface area contributed by atoms with E-state index in [9.17, 15) is 9.59 Å². The molecular weight excluding hydrogens is 420 g/mol. The molecule has 3 aromatic rings. The zero-order valence-corrected chi connectivity index (χ0v) is 18.5. The number of nitrogens with one attached hydrogen (secondary N) is 2. The molecule has 1 atom stereocenters. The third-order valence-corrected chi connectivity index (χ3v) is 6.05. The number of fused-ring (bicyclic) bond motifs is 1. The van der Waals surface area contributed by atoms with Crippen molar-refractivity contribution in [2.75, 3.05) is 36.5 Å². The van der Waals surface area contributed by atoms with Gasteiger partial charge in [-0.2, -0.15) is 0 Å². The lowest BCUT2D eigenvalue weighted by Gasteiger charge is -2.37. The summed E-state index contributed by atoms with van der Waals surface area (Å²) in [5.41, 5.74) is 3.59. The Bertz CT molecular complexity index is 1210. The van der Waals surface area contributed by atoms with Gasteiger partial charge < -0.3 is 24.8 Å². The van der Waals surface area contributed by atoms with Crippen molar-refractivity contribution in [3.63, 3.8) is 0 Å². The van der Waals surface area contributed by atoms with Crippen molar-refractivity contribution < 1.29 is 9.53 Å². The Hall–Kier alpha value is -3.72. The minimum atomic E-state index is -0.159. The van der Waals surface area contributed by atoms with Crippen molar-refractivity contribution in [3.8, 4) is 11.4 Å². The van der Waals surface area contributed by atoms with Gasteiger partial charge in [0.1, 0.15) is 11.6 Å². The van der Waals surface area contributed by atoms with Crippen LogP contribution in [0.4, 0.5) is 17.3 Å². The van der Waals surface area contributed by atoms with E-state index < -0.39 is 0 Å². The number of H-pyrrole nitrogens is 1. The van der Waals surface area contributed by atoms with Gasteiger partial charge in [0.2, 0.25) is 12.0 Å². The maximum absolute atomic E-state index is 11.5. The van der Waals surface area contributed by atoms with Gasteiger partial charge in [-0.1, -0.05) is 6.07 Å². The molecule has 9 nitrogen and oxygen atoms in total. The molecule has 170 valence electrons. The molecule has 0 bridgehead atoms. The summed E-state index contributed by atoms with van der Waals surface area (Å²) < 4.78 is 5.63. The highest BCUT2D eigenvalue weighted by Crippen LogP contribution is 2.31. The SMILES string of the molecule is C[C@H]1COCCN1c1nc(-c2ccc(Nc3cccc(=O)[nH]3)cc2)nc2c1CCN(C=O)C2. The fourth-order valence-corrected chi connectivity index (χ4v) is 4.31. The standard InChI is InChI=1S/C24H26N6O3/c1-16-14-33-12-11-30(16)24-19-9-10-29(15-31)13-20(19)26-23(28-24)17-5-7-18(8-6-17)25-21-3-2-4-22(32)27-21/h2-8,15-16H,9-14H2,1H3,(H2,25,27,32)/t16-/m0/s1. The first-order chi connectivity index (χ1) is 16.1. The van der Waals surface area contributed by atoms with E-state index in [4.69, 9.17) is 14.7 Å². The Kier molecular flexibility index (Phi) is 5.78. The summed E-state index contributed by atoms with van der Waals surface area (Å²) in [5.74, 6) is 2.20. The summed E-state index contributed by atoms with van der Waals surface area (Å²) in [5, 5.41) is 3.19. The van der Waals surface area contributed by atoms with Crippen molar-refractivity contribution in [3.05, 3.63) is 64.1 Å². The van der Waals surface area contributed by atoms with Crippen LogP contribution in [-0.2, 0) is 22.5 Å². The Morgan fingerprint density at radius 3 is 2.76 bits per heavy atom. The third kappa shape index (κ3) is 4.45. The second-order valence-electron chi connectivity index (χ2n) is 8.37. The first kappa shape index (κ1) is 21.1. The molecule has 0 unspecified atom stereocenters. The number of nitrogens with zero attached hydrogens (tertiary/aromatic N) is 4. The van der Waals surface area contributed by atoms with Crippen LogP contribution in [0.3, 0.4) is 0 Å². The van der Waals surface area contributed by atoms with Crippen LogP contribution in [0.2, 0.25) is 0 Å². The molecule has 5 rings (SSSR count). The van der Waals surface area contributed by atoms with Crippen LogP contribution in [0.1, 0.15) is 18.2 Å². The molecule has 0 saturated carbocycles. The third-order valence-electron chi connectivity index (χ3n) is 6.05. The lowest BCUT2D eigenvalue weighted by atomic mass is 10.0. The minimum Gasteiger partial charge on any atom is -0.377 e. The van der Waals surface area contributed by atoms with E-state index in [0.717, 1.165) is 47.7 Å². The number of morpholine rings is 1. The molecule has 9 heteroatoms. The van der Waals surface area contributed by atoms with Gasteiger partial charge in [0.15, 0.2) is 5.82 Å². The van der Waals surface area contributed by atoms with Gasteiger partial charge >= 0.3 is 0 Å². The summed E-state index contributed by atoms with van der Waals surface area (Å²) in [7, 11) is 0. The number of benzene rings is 1. The van der Waals surface area contributed by atoms with Gasteiger partial charge in [-0.05, 0) is 43.7 Å². The lowest BCUT2D eigenvalue weighted by molar-refractivity contribution is -0.119. The van der Waals surface area contributed by atoms with Crippen molar-refractivity contribution in [1.82, 2.24) is 19.9 Å². The smallest absolute Gasteiger partial charge is 0.249 e. The number of rotatable bonds is 5. The number of aromatic amines is 1. The van der Waals surface area contributed by atoms with Crippen LogP contribution in [0, 0.1) is 0 Å². The number of hydrogen-bond acceptors (Lipinski definition) is 7. The van der Waals surface area contributed by atoms with Gasteiger partial charge in [0.25, 0.3) is 0 Å². The van der Waals surface area contributed by atoms with Crippen LogP contribution in [0.25, 0.3) is 11.4 Å². The highest BCUT2D eigenvalue weighted by molar-refractivity contribution is 5.66. The molecule has 1 saturated heterocycles. The van der Waals surface area contributed by atoms with Gasteiger partial charge in [0, 0.05) is 36.0 Å². The monoisotopic (exact) mass is 446 g/mol. The zero-order chi connectivity index (χ0) is 22.8. The van der Waals surface area contributed by atoms with Crippen LogP contribution >= 0.6 is 0 Å². The molecule has 4 heterocycles. The van der Waals surface area contributed by atoms with E-state index in [1.807, 2.05) is 24.3 Å². The van der Waals surface area contributed by atoms with E-state index in [0.29, 0.717) is 37.9 Å². The minimum absolute atomic E-state index is 0.159. The number of hydrogen-bond donors (Lipinski definition) is 2. The van der Waals surface area contributed by atoms with E-state index in [1.54, 1.807) is 17.0 Å². The topological polar surface area (TPSA) is 103 Å². The number of pyridine rings is 1. The van der Waals surface area contributed by atoms with E-state index in [-0.39, 0.29) is 11.6 Å². The average molecular weight is 447 g/mol. The molecular formula is C24H26N6O3. The summed E-state index contributed by atoms with van der Waals surface area (Å²) >= 11 is 0. The highest BCUT2D eigenvalue weighted by atomic mass is 16.5. The predicted molar refractivity (Wildman–Crippen MR) is 126 cm³/mol. The van der Waals surface area contributed by atoms with Gasteiger partial charge in [-0.3, -0.25) is 9.59 Å². The Morgan fingerprint density at radius 1 is 1.15 bits per heavy atom. The van der Waals surface area contributed by atoms with Gasteiger partial charge in [0.05, 0.1) is 31.5 Å². The molecule has 2 aliphatic heterocycles. The molecule has 2 aromatic heterocycles. The number of carbonyl (C=O) groups excluding carboxylic acids is 1. The van der Waals surface area contributed by atoms with Crippen molar-refractivity contribution >= 4 is 23.7 Å². The number of amides is 1. The molecule has 1 aromatic carbocycles. The maximum Gasteiger partial charge on any atom is 0.249 e. The van der Waals surface area contributed by atoms with E-state index in [1.165, 1.54) is 6.07 Å². The molecule has 2 N–H and O–H groups in total. The number of aromatic nitrogens is 3. The van der Waals surface area contributed by atoms with Crippen LogP contribution < -0.4 is 15.8 Å². The Labute approximate surface area is 191 Å². The Morgan fingerprint density at radius 2 is 2.00 bits per heavy atom. The molecule has 0 aliphatic carbocycles. The molecule has 33 heavy (non-hydrogen) atoms. The molecule has 1 amide bonds. The van der Waals surface area contributed by atoms with Crippen molar-refractivity contribution in [2.24, 2.45) is 0 Å². The van der Waals surface area contributed by atoms with Gasteiger partial charge in [-0.25, -0.2) is 9.97 Å². The Balaban J connectivity index is 1.49. The first-order valence-electron chi connectivity index (χ1n) is 11.1. The molecule has 1 fully saturated rings. The number of carbonyl (C=O) groups is 1. The highest BCUT2D eigenvalue weighted by Gasteiger charge is 2.28. The number of ether oxygens (including phenoxy) is 1. The van der Waals surface area contributed by atoms with Gasteiger partial charge in [-0.15, -0.1) is 0 Å². The predicted octanol–water partition coefficient (Wildman–Crippen LogP) is 2.32. The largest absolute Gasteiger partial charge is 0.377 e. The van der Waals surface area contributed by atoms with E-state index in [2.05, 4.69) is 22.1 Å². The zero-order valence-electron chi connectivity index (χ0n) is 18.5. The number of anilines is 3. The average Bonchev–Trinajstić information content (AvgIpc) is 2.84. The second-order valence-corrected chi connectivity index (χ2v) is 8.37. The summed E-state index contributed by atoms with van der Waals surface area (Å²) in [6.07, 6.45) is 1.63. The van der Waals surface area contributed by atoms with Crippen molar-refractivity contribution in [1.29, 1.82) is 0 Å². The quantitative estimate of drug-likeness (QED) is 0.580. The van der Waals surface area contributed by atoms with Crippen LogP contribution in [0.5, 0.6) is 0 Å². The fraction of sp³-hybridized carbons (Fsp3) is 0.333. The van der Waals surface area contributed by atoms with Crippen LogP contribution in [0.15, 0.2) is 47.3 Å². The van der Waals surface area contributed by atoms with Crippen LogP contribution in [-0.4, -0.2) is 58.6 Å². The van der Waals surface area contributed by atoms with Crippen molar-refractivity contribution in [2.45, 2.75) is 25.9 Å². The molecule has 2 aliphatic rings. The normalized spacial score (nSPS) is 18.0. The maximum atomic E-state index is 11.5. The summed E-state index contributed by atoms with van der Waals surface area (Å²) in [6.45, 7) is 5.41. The molecule has 0 spiro atoms. The van der Waals surface area contributed by atoms with E-state index >= 15 is 0 Å².